The predicted molar refractivity (Wildman–Crippen MR) is 63.7 cm³/mol. The van der Waals surface area contributed by atoms with Crippen molar-refractivity contribution in [2.24, 2.45) is 0 Å². The summed E-state index contributed by atoms with van der Waals surface area (Å²) in [5.41, 5.74) is 0.399. The largest absolute Gasteiger partial charge is 0.496 e. The van der Waals surface area contributed by atoms with Crippen LogP contribution >= 0.6 is 15.9 Å². The van der Waals surface area contributed by atoms with E-state index in [1.807, 2.05) is 0 Å². The summed E-state index contributed by atoms with van der Waals surface area (Å²) in [4.78, 5) is 17.2. The average molecular weight is 302 g/mol. The van der Waals surface area contributed by atoms with E-state index in [2.05, 4.69) is 15.9 Å². The number of hydroxylamine groups is 2. The number of carbonyl (C=O) groups excluding carboxylic acids is 1. The smallest absolute Gasteiger partial charge is 0.281 e. The number of carbonyl (C=O) groups is 1. The first-order valence-electron chi connectivity index (χ1n) is 5.08. The van der Waals surface area contributed by atoms with Crippen LogP contribution in [0, 0.1) is 0 Å². The quantitative estimate of drug-likeness (QED) is 0.892. The van der Waals surface area contributed by atoms with Gasteiger partial charge < -0.3 is 9.84 Å². The first kappa shape index (κ1) is 12.3. The Kier molecular flexibility index (Phi) is 3.66. The van der Waals surface area contributed by atoms with Crippen LogP contribution < -0.4 is 4.74 Å². The molecule has 1 aliphatic heterocycles. The van der Waals surface area contributed by atoms with Crippen LogP contribution in [0.15, 0.2) is 22.7 Å². The van der Waals surface area contributed by atoms with Crippen molar-refractivity contribution in [1.82, 2.24) is 5.06 Å². The lowest BCUT2D eigenvalue weighted by Crippen LogP contribution is -2.28. The number of amides is 1. The van der Waals surface area contributed by atoms with Crippen molar-refractivity contribution >= 4 is 21.8 Å². The minimum absolute atomic E-state index is 0.141. The number of hydrogen-bond donors (Lipinski definition) is 1. The summed E-state index contributed by atoms with van der Waals surface area (Å²) in [5.74, 6) is 0.155. The van der Waals surface area contributed by atoms with E-state index in [1.54, 1.807) is 18.2 Å². The van der Waals surface area contributed by atoms with Gasteiger partial charge in [-0.3, -0.25) is 9.63 Å². The molecule has 0 spiro atoms. The van der Waals surface area contributed by atoms with E-state index in [4.69, 9.17) is 9.57 Å². The van der Waals surface area contributed by atoms with Gasteiger partial charge in [-0.25, -0.2) is 5.06 Å². The molecule has 1 aromatic rings. The molecule has 1 saturated heterocycles. The van der Waals surface area contributed by atoms with Crippen molar-refractivity contribution in [2.75, 3.05) is 20.3 Å². The molecule has 1 atom stereocenters. The Hall–Kier alpha value is -1.11. The molecule has 0 radical (unpaired) electrons. The molecule has 6 heteroatoms. The van der Waals surface area contributed by atoms with Crippen LogP contribution in [-0.2, 0) is 4.84 Å². The molecular formula is C11H12BrNO4. The molecule has 0 bridgehead atoms. The number of ether oxygens (including phenoxy) is 1. The van der Waals surface area contributed by atoms with Crippen LogP contribution in [0.1, 0.15) is 10.4 Å². The van der Waals surface area contributed by atoms with Gasteiger partial charge in [0.15, 0.2) is 0 Å². The highest BCUT2D eigenvalue weighted by Crippen LogP contribution is 2.25. The van der Waals surface area contributed by atoms with Gasteiger partial charge in [0.2, 0.25) is 0 Å². The van der Waals surface area contributed by atoms with E-state index in [9.17, 15) is 9.90 Å². The van der Waals surface area contributed by atoms with Gasteiger partial charge in [-0.15, -0.1) is 0 Å². The molecule has 1 aliphatic rings. The molecule has 1 N–H and O–H groups in total. The fourth-order valence-corrected chi connectivity index (χ4v) is 1.96. The minimum atomic E-state index is -0.628. The lowest BCUT2D eigenvalue weighted by atomic mass is 10.2. The van der Waals surface area contributed by atoms with Gasteiger partial charge in [-0.2, -0.15) is 0 Å². The van der Waals surface area contributed by atoms with Gasteiger partial charge in [0.05, 0.1) is 19.2 Å². The van der Waals surface area contributed by atoms with E-state index in [0.717, 1.165) is 9.54 Å². The summed E-state index contributed by atoms with van der Waals surface area (Å²) >= 11 is 3.30. The topological polar surface area (TPSA) is 59.0 Å². The Morgan fingerprint density at radius 2 is 2.41 bits per heavy atom. The number of halogens is 1. The summed E-state index contributed by atoms with van der Waals surface area (Å²) in [5, 5.41) is 10.5. The highest BCUT2D eigenvalue weighted by molar-refractivity contribution is 9.10. The molecule has 92 valence electrons. The Bertz CT molecular complexity index is 437. The van der Waals surface area contributed by atoms with Gasteiger partial charge in [0.25, 0.3) is 5.91 Å². The third kappa shape index (κ3) is 2.59. The zero-order chi connectivity index (χ0) is 12.4. The molecule has 0 saturated carbocycles. The zero-order valence-corrected chi connectivity index (χ0v) is 10.8. The standard InChI is InChI=1S/C11H12BrNO4/c1-16-10-3-2-7(12)4-9(10)11(15)13-5-8(14)6-17-13/h2-4,8,14H,5-6H2,1H3/t8-/m1/s1. The van der Waals surface area contributed by atoms with Crippen molar-refractivity contribution in [3.63, 3.8) is 0 Å². The van der Waals surface area contributed by atoms with Gasteiger partial charge >= 0.3 is 0 Å². The van der Waals surface area contributed by atoms with E-state index in [0.29, 0.717) is 11.3 Å². The SMILES string of the molecule is COc1ccc(Br)cc1C(=O)N1C[C@@H](O)CO1. The molecule has 0 aliphatic carbocycles. The summed E-state index contributed by atoms with van der Waals surface area (Å²) in [6.45, 7) is 0.316. The molecule has 1 aromatic carbocycles. The predicted octanol–water partition coefficient (Wildman–Crippen LogP) is 1.21. The Morgan fingerprint density at radius 3 is 3.00 bits per heavy atom. The first-order valence-corrected chi connectivity index (χ1v) is 5.87. The number of aliphatic hydroxyl groups excluding tert-OH is 1. The van der Waals surface area contributed by atoms with Crippen LogP contribution in [0.25, 0.3) is 0 Å². The second-order valence-electron chi connectivity index (χ2n) is 3.66. The fraction of sp³-hybridized carbons (Fsp3) is 0.364. The highest BCUT2D eigenvalue weighted by atomic mass is 79.9. The van der Waals surface area contributed by atoms with Gasteiger partial charge in [-0.1, -0.05) is 15.9 Å². The normalized spacial score (nSPS) is 19.5. The second-order valence-corrected chi connectivity index (χ2v) is 4.58. The van der Waals surface area contributed by atoms with Gasteiger partial charge in [0.1, 0.15) is 18.5 Å². The number of rotatable bonds is 2. The molecule has 1 heterocycles. The van der Waals surface area contributed by atoms with E-state index < -0.39 is 6.10 Å². The highest BCUT2D eigenvalue weighted by Gasteiger charge is 2.28. The maximum Gasteiger partial charge on any atom is 0.281 e. The van der Waals surface area contributed by atoms with Crippen molar-refractivity contribution in [1.29, 1.82) is 0 Å². The van der Waals surface area contributed by atoms with Crippen molar-refractivity contribution in [3.05, 3.63) is 28.2 Å². The second kappa shape index (κ2) is 5.03. The van der Waals surface area contributed by atoms with E-state index in [1.165, 1.54) is 7.11 Å². The maximum absolute atomic E-state index is 12.1. The molecule has 1 fully saturated rings. The number of β-amino-alcohol motifs (C(OH)–C–C–N with tert-alkyl or cyclic N) is 1. The van der Waals surface area contributed by atoms with Crippen LogP contribution in [0.3, 0.4) is 0 Å². The lowest BCUT2D eigenvalue weighted by Gasteiger charge is -2.15. The molecule has 17 heavy (non-hydrogen) atoms. The Balaban J connectivity index is 2.26. The minimum Gasteiger partial charge on any atom is -0.496 e. The zero-order valence-electron chi connectivity index (χ0n) is 9.22. The number of methoxy groups -OCH3 is 1. The van der Waals surface area contributed by atoms with E-state index >= 15 is 0 Å². The van der Waals surface area contributed by atoms with E-state index in [-0.39, 0.29) is 19.1 Å². The summed E-state index contributed by atoms with van der Waals surface area (Å²) in [7, 11) is 1.50. The molecule has 0 aromatic heterocycles. The summed E-state index contributed by atoms with van der Waals surface area (Å²) in [6, 6.07) is 5.15. The first-order chi connectivity index (χ1) is 8.11. The van der Waals surface area contributed by atoms with Crippen LogP contribution in [0.2, 0.25) is 0 Å². The third-order valence-electron chi connectivity index (χ3n) is 2.42. The van der Waals surface area contributed by atoms with Crippen LogP contribution in [-0.4, -0.2) is 42.4 Å². The molecule has 0 unspecified atom stereocenters. The molecule has 5 nitrogen and oxygen atoms in total. The van der Waals surface area contributed by atoms with Crippen LogP contribution in [0.5, 0.6) is 5.75 Å². The lowest BCUT2D eigenvalue weighted by molar-refractivity contribution is -0.0781. The Labute approximate surface area is 107 Å². The number of benzene rings is 1. The van der Waals surface area contributed by atoms with Crippen LogP contribution in [0.4, 0.5) is 0 Å². The monoisotopic (exact) mass is 301 g/mol. The van der Waals surface area contributed by atoms with Crippen molar-refractivity contribution < 1.29 is 19.5 Å². The van der Waals surface area contributed by atoms with Crippen molar-refractivity contribution in [3.8, 4) is 5.75 Å². The average Bonchev–Trinajstić information content (AvgIpc) is 2.75. The van der Waals surface area contributed by atoms with Crippen molar-refractivity contribution in [2.45, 2.75) is 6.10 Å². The molecule has 2 rings (SSSR count). The third-order valence-corrected chi connectivity index (χ3v) is 2.91. The number of hydrogen-bond acceptors (Lipinski definition) is 4. The fourth-order valence-electron chi connectivity index (χ4n) is 1.60. The van der Waals surface area contributed by atoms with Gasteiger partial charge in [0, 0.05) is 4.47 Å². The maximum atomic E-state index is 12.1. The number of nitrogens with zero attached hydrogens (tertiary/aromatic N) is 1. The number of aliphatic hydroxyl groups is 1. The van der Waals surface area contributed by atoms with Gasteiger partial charge in [-0.05, 0) is 18.2 Å². The molecule has 1 amide bonds. The summed E-state index contributed by atoms with van der Waals surface area (Å²) in [6.07, 6.45) is -0.628. The Morgan fingerprint density at radius 1 is 1.65 bits per heavy atom. The molecular weight excluding hydrogens is 290 g/mol. The summed E-state index contributed by atoms with van der Waals surface area (Å²) < 4.78 is 5.90.